The van der Waals surface area contributed by atoms with E-state index in [2.05, 4.69) is 57.3 Å². The highest BCUT2D eigenvalue weighted by molar-refractivity contribution is 5.06. The molecule has 4 heteroatoms. The number of ether oxygens (including phenoxy) is 1. The molecule has 0 saturated heterocycles. The van der Waals surface area contributed by atoms with Crippen LogP contribution in [0.25, 0.3) is 0 Å². The molecule has 1 atom stereocenters. The Hall–Kier alpha value is -0.870. The fourth-order valence-electron chi connectivity index (χ4n) is 2.85. The Labute approximate surface area is 123 Å². The Morgan fingerprint density at radius 1 is 1.30 bits per heavy atom. The quantitative estimate of drug-likeness (QED) is 0.755. The number of nitrogens with one attached hydrogen (secondary N) is 1. The lowest BCUT2D eigenvalue weighted by Crippen LogP contribution is -2.52. The molecule has 0 saturated carbocycles. The minimum Gasteiger partial charge on any atom is -0.377 e. The molecule has 1 heterocycles. The second kappa shape index (κ2) is 7.79. The van der Waals surface area contributed by atoms with Gasteiger partial charge in [-0.3, -0.25) is 4.68 Å². The van der Waals surface area contributed by atoms with Gasteiger partial charge in [0.15, 0.2) is 0 Å². The first-order valence-corrected chi connectivity index (χ1v) is 7.85. The molecule has 20 heavy (non-hydrogen) atoms. The van der Waals surface area contributed by atoms with Gasteiger partial charge in [0.05, 0.1) is 11.3 Å². The number of hydrogen-bond acceptors (Lipinski definition) is 3. The predicted octanol–water partition coefficient (Wildman–Crippen LogP) is 3.19. The van der Waals surface area contributed by atoms with Crippen LogP contribution in [0.5, 0.6) is 0 Å². The Kier molecular flexibility index (Phi) is 6.69. The van der Waals surface area contributed by atoms with E-state index in [-0.39, 0.29) is 5.60 Å². The van der Waals surface area contributed by atoms with E-state index in [9.17, 15) is 0 Å². The van der Waals surface area contributed by atoms with Crippen molar-refractivity contribution in [2.45, 2.75) is 71.6 Å². The van der Waals surface area contributed by atoms with Gasteiger partial charge in [-0.25, -0.2) is 0 Å². The van der Waals surface area contributed by atoms with Crippen molar-refractivity contribution in [3.63, 3.8) is 0 Å². The summed E-state index contributed by atoms with van der Waals surface area (Å²) in [6.45, 7) is 11.8. The summed E-state index contributed by atoms with van der Waals surface area (Å²) in [6, 6.07) is 2.82. The van der Waals surface area contributed by atoms with E-state index in [1.165, 1.54) is 0 Å². The van der Waals surface area contributed by atoms with E-state index < -0.39 is 0 Å². The van der Waals surface area contributed by atoms with E-state index in [0.717, 1.165) is 31.5 Å². The van der Waals surface area contributed by atoms with Gasteiger partial charge in [-0.1, -0.05) is 20.8 Å². The normalized spacial score (nSPS) is 13.9. The third kappa shape index (κ3) is 3.83. The molecular formula is C16H31N3O. The molecule has 1 N–H and O–H groups in total. The molecule has 0 radical (unpaired) electrons. The lowest BCUT2D eigenvalue weighted by atomic mass is 9.85. The van der Waals surface area contributed by atoms with Crippen LogP contribution in [0.15, 0.2) is 12.3 Å². The first kappa shape index (κ1) is 17.2. The van der Waals surface area contributed by atoms with E-state index in [1.54, 1.807) is 0 Å². The zero-order chi connectivity index (χ0) is 15.2. The SMILES string of the molecule is CCNC(Cc1ccn(C(C)C)n1)C(CC)(CC)OC. The fraction of sp³-hybridized carbons (Fsp3) is 0.812. The summed E-state index contributed by atoms with van der Waals surface area (Å²) in [5.74, 6) is 0. The van der Waals surface area contributed by atoms with Crippen molar-refractivity contribution < 1.29 is 4.74 Å². The van der Waals surface area contributed by atoms with Crippen LogP contribution in [0, 0.1) is 0 Å². The molecule has 0 aliphatic heterocycles. The van der Waals surface area contributed by atoms with Gasteiger partial charge >= 0.3 is 0 Å². The maximum absolute atomic E-state index is 5.88. The summed E-state index contributed by atoms with van der Waals surface area (Å²) < 4.78 is 7.90. The lowest BCUT2D eigenvalue weighted by Gasteiger charge is -2.38. The Morgan fingerprint density at radius 3 is 2.35 bits per heavy atom. The highest BCUT2D eigenvalue weighted by atomic mass is 16.5. The zero-order valence-electron chi connectivity index (χ0n) is 13.9. The van der Waals surface area contributed by atoms with Gasteiger partial charge in [0.2, 0.25) is 0 Å². The van der Waals surface area contributed by atoms with Crippen LogP contribution in [-0.4, -0.2) is 35.1 Å². The topological polar surface area (TPSA) is 39.1 Å². The molecule has 0 amide bonds. The number of rotatable bonds is 9. The molecule has 0 bridgehead atoms. The maximum Gasteiger partial charge on any atom is 0.0829 e. The lowest BCUT2D eigenvalue weighted by molar-refractivity contribution is -0.0471. The summed E-state index contributed by atoms with van der Waals surface area (Å²) in [6.07, 6.45) is 4.98. The third-order valence-corrected chi connectivity index (χ3v) is 4.29. The number of aromatic nitrogens is 2. The molecule has 4 nitrogen and oxygen atoms in total. The number of hydrogen-bond donors (Lipinski definition) is 1. The van der Waals surface area contributed by atoms with Gasteiger partial charge in [0, 0.05) is 31.8 Å². The van der Waals surface area contributed by atoms with Crippen LogP contribution >= 0.6 is 0 Å². The smallest absolute Gasteiger partial charge is 0.0829 e. The fourth-order valence-corrected chi connectivity index (χ4v) is 2.85. The first-order chi connectivity index (χ1) is 9.52. The van der Waals surface area contributed by atoms with Crippen LogP contribution in [0.2, 0.25) is 0 Å². The van der Waals surface area contributed by atoms with Crippen LogP contribution < -0.4 is 5.32 Å². The number of likely N-dealkylation sites (N-methyl/N-ethyl adjacent to an activating group) is 1. The standard InChI is InChI=1S/C16H31N3O/c1-7-16(8-2,20-6)15(17-9-3)12-14-10-11-19(18-14)13(4)5/h10-11,13,15,17H,7-9,12H2,1-6H3. The molecule has 116 valence electrons. The molecule has 1 aromatic rings. The number of methoxy groups -OCH3 is 1. The highest BCUT2D eigenvalue weighted by Crippen LogP contribution is 2.26. The Morgan fingerprint density at radius 2 is 1.95 bits per heavy atom. The van der Waals surface area contributed by atoms with Crippen LogP contribution in [-0.2, 0) is 11.2 Å². The maximum atomic E-state index is 5.88. The molecule has 1 rings (SSSR count). The van der Waals surface area contributed by atoms with Crippen molar-refractivity contribution in [1.29, 1.82) is 0 Å². The molecule has 0 aliphatic carbocycles. The van der Waals surface area contributed by atoms with E-state index in [4.69, 9.17) is 4.74 Å². The summed E-state index contributed by atoms with van der Waals surface area (Å²) in [5, 5.41) is 8.26. The van der Waals surface area contributed by atoms with Gasteiger partial charge in [0.25, 0.3) is 0 Å². The summed E-state index contributed by atoms with van der Waals surface area (Å²) in [7, 11) is 1.82. The van der Waals surface area contributed by atoms with E-state index >= 15 is 0 Å². The molecule has 0 aromatic carbocycles. The van der Waals surface area contributed by atoms with Crippen molar-refractivity contribution in [3.05, 3.63) is 18.0 Å². The molecule has 1 unspecified atom stereocenters. The average Bonchev–Trinajstić information content (AvgIpc) is 2.90. The minimum absolute atomic E-state index is 0.113. The van der Waals surface area contributed by atoms with Crippen molar-refractivity contribution in [1.82, 2.24) is 15.1 Å². The highest BCUT2D eigenvalue weighted by Gasteiger charge is 2.35. The monoisotopic (exact) mass is 281 g/mol. The van der Waals surface area contributed by atoms with Crippen LogP contribution in [0.4, 0.5) is 0 Å². The van der Waals surface area contributed by atoms with Crippen LogP contribution in [0.3, 0.4) is 0 Å². The summed E-state index contributed by atoms with van der Waals surface area (Å²) in [4.78, 5) is 0. The second-order valence-corrected chi connectivity index (χ2v) is 5.67. The molecule has 0 aliphatic rings. The third-order valence-electron chi connectivity index (χ3n) is 4.29. The largest absolute Gasteiger partial charge is 0.377 e. The Bertz CT molecular complexity index is 375. The van der Waals surface area contributed by atoms with E-state index in [0.29, 0.717) is 12.1 Å². The van der Waals surface area contributed by atoms with Gasteiger partial charge < -0.3 is 10.1 Å². The van der Waals surface area contributed by atoms with Crippen LogP contribution in [0.1, 0.15) is 59.2 Å². The first-order valence-electron chi connectivity index (χ1n) is 7.85. The van der Waals surface area contributed by atoms with Crippen molar-refractivity contribution >= 4 is 0 Å². The Balaban J connectivity index is 2.90. The summed E-state index contributed by atoms with van der Waals surface area (Å²) >= 11 is 0. The van der Waals surface area contributed by atoms with Gasteiger partial charge in [-0.2, -0.15) is 5.10 Å². The van der Waals surface area contributed by atoms with Crippen molar-refractivity contribution in [2.75, 3.05) is 13.7 Å². The minimum atomic E-state index is -0.113. The molecular weight excluding hydrogens is 250 g/mol. The van der Waals surface area contributed by atoms with E-state index in [1.807, 2.05) is 11.8 Å². The van der Waals surface area contributed by atoms with Crippen molar-refractivity contribution in [2.24, 2.45) is 0 Å². The molecule has 0 fully saturated rings. The molecule has 1 aromatic heterocycles. The van der Waals surface area contributed by atoms with Gasteiger partial charge in [-0.05, 0) is 39.3 Å². The average molecular weight is 281 g/mol. The predicted molar refractivity (Wildman–Crippen MR) is 84.1 cm³/mol. The van der Waals surface area contributed by atoms with Gasteiger partial charge in [0.1, 0.15) is 0 Å². The summed E-state index contributed by atoms with van der Waals surface area (Å²) in [5.41, 5.74) is 1.02. The van der Waals surface area contributed by atoms with Crippen molar-refractivity contribution in [3.8, 4) is 0 Å². The number of nitrogens with zero attached hydrogens (tertiary/aromatic N) is 2. The zero-order valence-corrected chi connectivity index (χ0v) is 13.9. The second-order valence-electron chi connectivity index (χ2n) is 5.67. The molecule has 0 spiro atoms. The van der Waals surface area contributed by atoms with Gasteiger partial charge in [-0.15, -0.1) is 0 Å².